The van der Waals surface area contributed by atoms with Gasteiger partial charge in [0.25, 0.3) is 0 Å². The highest BCUT2D eigenvalue weighted by atomic mass is 32.2. The summed E-state index contributed by atoms with van der Waals surface area (Å²) < 4.78 is 0. The van der Waals surface area contributed by atoms with Gasteiger partial charge >= 0.3 is 0 Å². The van der Waals surface area contributed by atoms with Gasteiger partial charge in [0, 0.05) is 4.90 Å². The van der Waals surface area contributed by atoms with Crippen LogP contribution in [0.25, 0.3) is 0 Å². The van der Waals surface area contributed by atoms with Crippen LogP contribution in [0.1, 0.15) is 11.1 Å². The van der Waals surface area contributed by atoms with Crippen molar-refractivity contribution < 1.29 is 5.11 Å². The van der Waals surface area contributed by atoms with Crippen molar-refractivity contribution in [1.29, 1.82) is 0 Å². The molecule has 1 aromatic carbocycles. The van der Waals surface area contributed by atoms with E-state index in [2.05, 4.69) is 32.0 Å². The van der Waals surface area contributed by atoms with Crippen LogP contribution in [-0.4, -0.2) is 11.0 Å². The van der Waals surface area contributed by atoms with Crippen molar-refractivity contribution >= 4 is 11.8 Å². The Morgan fingerprint density at radius 2 is 2.09 bits per heavy atom. The fraction of sp³-hybridized carbons (Fsp3) is 0.333. The molecule has 0 heterocycles. The zero-order valence-electron chi connectivity index (χ0n) is 6.79. The highest BCUT2D eigenvalue weighted by molar-refractivity contribution is 7.99. The van der Waals surface area contributed by atoms with E-state index in [1.165, 1.54) is 27.8 Å². The highest BCUT2D eigenvalue weighted by Crippen LogP contribution is 2.22. The molecule has 0 aliphatic heterocycles. The molecule has 0 saturated carbocycles. The number of aliphatic hydroxyl groups is 1. The lowest BCUT2D eigenvalue weighted by Crippen LogP contribution is -1.82. The molecule has 0 bridgehead atoms. The van der Waals surface area contributed by atoms with E-state index in [9.17, 15) is 0 Å². The average Bonchev–Trinajstić information content (AvgIpc) is 1.98. The van der Waals surface area contributed by atoms with Crippen molar-refractivity contribution in [3.05, 3.63) is 29.3 Å². The average molecular weight is 168 g/mol. The Balaban J connectivity index is 2.93. The SMILES string of the molecule is Cc1ccc(C)c(SCO)c1. The lowest BCUT2D eigenvalue weighted by molar-refractivity contribution is 0.375. The van der Waals surface area contributed by atoms with E-state index in [1.54, 1.807) is 0 Å². The molecular weight excluding hydrogens is 156 g/mol. The first-order valence-electron chi connectivity index (χ1n) is 3.55. The van der Waals surface area contributed by atoms with Crippen molar-refractivity contribution in [2.45, 2.75) is 18.7 Å². The number of hydrogen-bond donors (Lipinski definition) is 1. The van der Waals surface area contributed by atoms with Crippen molar-refractivity contribution in [2.24, 2.45) is 0 Å². The largest absolute Gasteiger partial charge is 0.385 e. The summed E-state index contributed by atoms with van der Waals surface area (Å²) in [5.74, 6) is 0.157. The number of aryl methyl sites for hydroxylation is 2. The topological polar surface area (TPSA) is 20.2 Å². The molecule has 2 heteroatoms. The minimum atomic E-state index is 0.157. The summed E-state index contributed by atoms with van der Waals surface area (Å²) in [6.45, 7) is 4.11. The van der Waals surface area contributed by atoms with Gasteiger partial charge in [-0.3, -0.25) is 0 Å². The molecule has 1 N–H and O–H groups in total. The zero-order chi connectivity index (χ0) is 8.27. The molecular formula is C9H12OS. The van der Waals surface area contributed by atoms with Gasteiger partial charge in [0.15, 0.2) is 0 Å². The van der Waals surface area contributed by atoms with E-state index in [-0.39, 0.29) is 5.94 Å². The fourth-order valence-corrected chi connectivity index (χ4v) is 1.64. The maximum absolute atomic E-state index is 8.70. The molecule has 0 atom stereocenters. The van der Waals surface area contributed by atoms with E-state index in [1.807, 2.05) is 0 Å². The van der Waals surface area contributed by atoms with Crippen molar-refractivity contribution in [3.8, 4) is 0 Å². The van der Waals surface area contributed by atoms with Crippen LogP contribution in [0.2, 0.25) is 0 Å². The molecule has 60 valence electrons. The Bertz CT molecular complexity index is 245. The van der Waals surface area contributed by atoms with Gasteiger partial charge in [0.2, 0.25) is 0 Å². The third-order valence-corrected chi connectivity index (χ3v) is 2.44. The number of benzene rings is 1. The lowest BCUT2D eigenvalue weighted by atomic mass is 10.2. The first kappa shape index (κ1) is 8.62. The van der Waals surface area contributed by atoms with Gasteiger partial charge in [-0.2, -0.15) is 0 Å². The van der Waals surface area contributed by atoms with Gasteiger partial charge in [0.05, 0.1) is 5.94 Å². The Hall–Kier alpha value is -0.470. The van der Waals surface area contributed by atoms with Crippen LogP contribution in [0.5, 0.6) is 0 Å². The van der Waals surface area contributed by atoms with E-state index in [4.69, 9.17) is 5.11 Å². The third kappa shape index (κ3) is 2.24. The van der Waals surface area contributed by atoms with Gasteiger partial charge in [-0.1, -0.05) is 23.9 Å². The number of thioether (sulfide) groups is 1. The first-order valence-corrected chi connectivity index (χ1v) is 4.53. The van der Waals surface area contributed by atoms with Crippen LogP contribution in [0.4, 0.5) is 0 Å². The predicted octanol–water partition coefficient (Wildman–Crippen LogP) is 2.35. The lowest BCUT2D eigenvalue weighted by Gasteiger charge is -2.03. The minimum absolute atomic E-state index is 0.157. The van der Waals surface area contributed by atoms with Crippen molar-refractivity contribution in [1.82, 2.24) is 0 Å². The Kier molecular flexibility index (Phi) is 2.97. The monoisotopic (exact) mass is 168 g/mol. The minimum Gasteiger partial charge on any atom is -0.385 e. The number of hydrogen-bond acceptors (Lipinski definition) is 2. The molecule has 1 nitrogen and oxygen atoms in total. The summed E-state index contributed by atoms with van der Waals surface area (Å²) in [7, 11) is 0. The standard InChI is InChI=1S/C9H12OS/c1-7-3-4-8(2)9(5-7)11-6-10/h3-5,10H,6H2,1-2H3. The van der Waals surface area contributed by atoms with Gasteiger partial charge in [-0.15, -0.1) is 0 Å². The molecule has 0 radical (unpaired) electrons. The van der Waals surface area contributed by atoms with Gasteiger partial charge in [0.1, 0.15) is 0 Å². The second-order valence-corrected chi connectivity index (χ2v) is 3.53. The normalized spacial score (nSPS) is 10.1. The summed E-state index contributed by atoms with van der Waals surface area (Å²) in [6, 6.07) is 6.25. The second kappa shape index (κ2) is 3.79. The van der Waals surface area contributed by atoms with Crippen LogP contribution < -0.4 is 0 Å². The molecule has 0 fully saturated rings. The van der Waals surface area contributed by atoms with Crippen LogP contribution in [0.15, 0.2) is 23.1 Å². The first-order chi connectivity index (χ1) is 5.24. The smallest absolute Gasteiger partial charge is 0.0932 e. The summed E-state index contributed by atoms with van der Waals surface area (Å²) >= 11 is 1.47. The fourth-order valence-electron chi connectivity index (χ4n) is 0.932. The maximum atomic E-state index is 8.70. The Morgan fingerprint density at radius 3 is 2.73 bits per heavy atom. The third-order valence-electron chi connectivity index (χ3n) is 1.56. The van der Waals surface area contributed by atoms with Gasteiger partial charge in [-0.25, -0.2) is 0 Å². The molecule has 1 aromatic rings. The highest BCUT2D eigenvalue weighted by Gasteiger charge is 1.96. The summed E-state index contributed by atoms with van der Waals surface area (Å²) in [4.78, 5) is 1.17. The molecule has 0 aromatic heterocycles. The van der Waals surface area contributed by atoms with E-state index in [0.29, 0.717) is 0 Å². The van der Waals surface area contributed by atoms with Crippen LogP contribution in [0.3, 0.4) is 0 Å². The van der Waals surface area contributed by atoms with Gasteiger partial charge < -0.3 is 5.11 Å². The van der Waals surface area contributed by atoms with Crippen LogP contribution in [-0.2, 0) is 0 Å². The molecule has 0 aliphatic carbocycles. The Labute approximate surface area is 71.4 Å². The number of aliphatic hydroxyl groups excluding tert-OH is 1. The molecule has 11 heavy (non-hydrogen) atoms. The number of rotatable bonds is 2. The van der Waals surface area contributed by atoms with Crippen LogP contribution in [0, 0.1) is 13.8 Å². The summed E-state index contributed by atoms with van der Waals surface area (Å²) in [6.07, 6.45) is 0. The molecule has 0 amide bonds. The Morgan fingerprint density at radius 1 is 1.36 bits per heavy atom. The van der Waals surface area contributed by atoms with Crippen LogP contribution >= 0.6 is 11.8 Å². The molecule has 0 unspecified atom stereocenters. The maximum Gasteiger partial charge on any atom is 0.0932 e. The molecule has 0 saturated heterocycles. The van der Waals surface area contributed by atoms with E-state index >= 15 is 0 Å². The van der Waals surface area contributed by atoms with Gasteiger partial charge in [-0.05, 0) is 31.0 Å². The van der Waals surface area contributed by atoms with E-state index in [0.717, 1.165) is 0 Å². The molecule has 1 rings (SSSR count). The van der Waals surface area contributed by atoms with E-state index < -0.39 is 0 Å². The second-order valence-electron chi connectivity index (χ2n) is 2.54. The zero-order valence-corrected chi connectivity index (χ0v) is 7.61. The van der Waals surface area contributed by atoms with Crippen molar-refractivity contribution in [2.75, 3.05) is 5.94 Å². The van der Waals surface area contributed by atoms with Crippen molar-refractivity contribution in [3.63, 3.8) is 0 Å². The molecule has 0 spiro atoms. The summed E-state index contributed by atoms with van der Waals surface area (Å²) in [5, 5.41) is 8.70. The quantitative estimate of drug-likeness (QED) is 0.540. The predicted molar refractivity (Wildman–Crippen MR) is 48.9 cm³/mol. The molecule has 0 aliphatic rings. The summed E-state index contributed by atoms with van der Waals surface area (Å²) in [5.41, 5.74) is 2.47.